The Bertz CT molecular complexity index is 1000. The Labute approximate surface area is 171 Å². The monoisotopic (exact) mass is 390 g/mol. The van der Waals surface area contributed by atoms with Crippen LogP contribution in [0.4, 0.5) is 0 Å². The summed E-state index contributed by atoms with van der Waals surface area (Å²) in [5, 5.41) is 0.848. The number of aromatic nitrogens is 1. The van der Waals surface area contributed by atoms with E-state index in [0.717, 1.165) is 10.9 Å². The number of fused-ring (bicyclic) bond motifs is 1. The van der Waals surface area contributed by atoms with Gasteiger partial charge in [-0.05, 0) is 45.4 Å². The van der Waals surface area contributed by atoms with Gasteiger partial charge in [0.25, 0.3) is 5.91 Å². The first-order valence-electron chi connectivity index (χ1n) is 9.67. The standard InChI is InChI=1S/C24H26N2O3/c1-17(22(27)26(24(2,3)4)16-18-10-6-5-7-11-18)29-23(28)20-14-8-12-19-13-9-15-25-21(19)20/h5-15,17H,16H2,1-4H3/t17-/m1/s1. The molecule has 29 heavy (non-hydrogen) atoms. The summed E-state index contributed by atoms with van der Waals surface area (Å²) in [4.78, 5) is 32.0. The van der Waals surface area contributed by atoms with Crippen LogP contribution in [0.3, 0.4) is 0 Å². The molecule has 1 heterocycles. The molecule has 3 rings (SSSR count). The predicted molar refractivity (Wildman–Crippen MR) is 113 cm³/mol. The van der Waals surface area contributed by atoms with E-state index in [9.17, 15) is 9.59 Å². The molecule has 0 aliphatic rings. The molecule has 0 aliphatic carbocycles. The second kappa shape index (κ2) is 8.43. The molecule has 0 spiro atoms. The highest BCUT2D eigenvalue weighted by Gasteiger charge is 2.32. The zero-order valence-corrected chi connectivity index (χ0v) is 17.3. The molecular weight excluding hydrogens is 364 g/mol. The fourth-order valence-corrected chi connectivity index (χ4v) is 3.17. The molecule has 2 aromatic carbocycles. The smallest absolute Gasteiger partial charge is 0.341 e. The predicted octanol–water partition coefficient (Wildman–Crippen LogP) is 4.61. The number of para-hydroxylation sites is 1. The zero-order valence-electron chi connectivity index (χ0n) is 17.3. The summed E-state index contributed by atoms with van der Waals surface area (Å²) in [5.74, 6) is -0.786. The maximum Gasteiger partial charge on any atom is 0.341 e. The van der Waals surface area contributed by atoms with Crippen LogP contribution in [0.2, 0.25) is 0 Å². The molecule has 1 aromatic heterocycles. The van der Waals surface area contributed by atoms with E-state index in [4.69, 9.17) is 4.74 Å². The number of carbonyl (C=O) groups excluding carboxylic acids is 2. The van der Waals surface area contributed by atoms with Crippen molar-refractivity contribution in [3.63, 3.8) is 0 Å². The Hall–Kier alpha value is -3.21. The third-order valence-corrected chi connectivity index (χ3v) is 4.74. The third-order valence-electron chi connectivity index (χ3n) is 4.74. The number of ether oxygens (including phenoxy) is 1. The molecular formula is C24H26N2O3. The quantitative estimate of drug-likeness (QED) is 0.597. The molecule has 150 valence electrons. The third kappa shape index (κ3) is 4.80. The lowest BCUT2D eigenvalue weighted by Crippen LogP contribution is -2.49. The van der Waals surface area contributed by atoms with Crippen molar-refractivity contribution in [3.8, 4) is 0 Å². The van der Waals surface area contributed by atoms with E-state index in [1.165, 1.54) is 0 Å². The second-order valence-electron chi connectivity index (χ2n) is 8.01. The van der Waals surface area contributed by atoms with Gasteiger partial charge in [0.15, 0.2) is 6.10 Å². The first-order valence-corrected chi connectivity index (χ1v) is 9.67. The highest BCUT2D eigenvalue weighted by Crippen LogP contribution is 2.21. The molecule has 0 saturated heterocycles. The topological polar surface area (TPSA) is 59.5 Å². The average Bonchev–Trinajstić information content (AvgIpc) is 2.71. The summed E-state index contributed by atoms with van der Waals surface area (Å²) in [5.41, 5.74) is 1.52. The van der Waals surface area contributed by atoms with Gasteiger partial charge < -0.3 is 9.64 Å². The molecule has 0 radical (unpaired) electrons. The van der Waals surface area contributed by atoms with Crippen molar-refractivity contribution in [2.75, 3.05) is 0 Å². The Balaban J connectivity index is 1.79. The van der Waals surface area contributed by atoms with Gasteiger partial charge in [0, 0.05) is 23.7 Å². The molecule has 5 nitrogen and oxygen atoms in total. The Kier molecular flexibility index (Phi) is 5.97. The number of amides is 1. The zero-order chi connectivity index (χ0) is 21.0. The van der Waals surface area contributed by atoms with Crippen LogP contribution in [0.1, 0.15) is 43.6 Å². The largest absolute Gasteiger partial charge is 0.449 e. The summed E-state index contributed by atoms with van der Waals surface area (Å²) in [6.07, 6.45) is 0.721. The van der Waals surface area contributed by atoms with Crippen LogP contribution >= 0.6 is 0 Å². The van der Waals surface area contributed by atoms with Gasteiger partial charge in [-0.3, -0.25) is 9.78 Å². The highest BCUT2D eigenvalue weighted by atomic mass is 16.5. The molecule has 0 saturated carbocycles. The van der Waals surface area contributed by atoms with E-state index in [0.29, 0.717) is 17.6 Å². The molecule has 0 N–H and O–H groups in total. The number of benzene rings is 2. The Morgan fingerprint density at radius 1 is 1.00 bits per heavy atom. The summed E-state index contributed by atoms with van der Waals surface area (Å²) in [6, 6.07) is 18.8. The van der Waals surface area contributed by atoms with Crippen molar-refractivity contribution in [1.82, 2.24) is 9.88 Å². The molecule has 3 aromatic rings. The maximum absolute atomic E-state index is 13.2. The van der Waals surface area contributed by atoms with E-state index in [1.807, 2.05) is 69.3 Å². The Morgan fingerprint density at radius 2 is 1.69 bits per heavy atom. The van der Waals surface area contributed by atoms with E-state index < -0.39 is 17.6 Å². The average molecular weight is 390 g/mol. The molecule has 1 amide bonds. The molecule has 0 aliphatic heterocycles. The van der Waals surface area contributed by atoms with Crippen LogP contribution in [0, 0.1) is 0 Å². The van der Waals surface area contributed by atoms with Crippen LogP contribution in [0.25, 0.3) is 10.9 Å². The minimum Gasteiger partial charge on any atom is -0.449 e. The summed E-state index contributed by atoms with van der Waals surface area (Å²) in [7, 11) is 0. The summed E-state index contributed by atoms with van der Waals surface area (Å²) in [6.45, 7) is 7.97. The van der Waals surface area contributed by atoms with E-state index in [-0.39, 0.29) is 5.91 Å². The number of rotatable bonds is 5. The Morgan fingerprint density at radius 3 is 2.38 bits per heavy atom. The number of esters is 1. The molecule has 5 heteroatoms. The van der Waals surface area contributed by atoms with Gasteiger partial charge in [-0.15, -0.1) is 0 Å². The van der Waals surface area contributed by atoms with E-state index >= 15 is 0 Å². The fourth-order valence-electron chi connectivity index (χ4n) is 3.17. The fraction of sp³-hybridized carbons (Fsp3) is 0.292. The van der Waals surface area contributed by atoms with Gasteiger partial charge in [-0.25, -0.2) is 4.79 Å². The van der Waals surface area contributed by atoms with Gasteiger partial charge in [-0.2, -0.15) is 0 Å². The lowest BCUT2D eigenvalue weighted by molar-refractivity contribution is -0.145. The van der Waals surface area contributed by atoms with Crippen LogP contribution in [-0.2, 0) is 16.1 Å². The number of nitrogens with zero attached hydrogens (tertiary/aromatic N) is 2. The number of hydrogen-bond acceptors (Lipinski definition) is 4. The van der Waals surface area contributed by atoms with Crippen molar-refractivity contribution < 1.29 is 14.3 Å². The van der Waals surface area contributed by atoms with Crippen LogP contribution in [-0.4, -0.2) is 33.4 Å². The van der Waals surface area contributed by atoms with Crippen molar-refractivity contribution in [2.45, 2.75) is 45.9 Å². The molecule has 0 unspecified atom stereocenters. The minimum atomic E-state index is -0.913. The number of carbonyl (C=O) groups is 2. The van der Waals surface area contributed by atoms with Gasteiger partial charge in [0.1, 0.15) is 0 Å². The summed E-state index contributed by atoms with van der Waals surface area (Å²) < 4.78 is 5.55. The van der Waals surface area contributed by atoms with Gasteiger partial charge in [0.05, 0.1) is 11.1 Å². The summed E-state index contributed by atoms with van der Waals surface area (Å²) >= 11 is 0. The van der Waals surface area contributed by atoms with Crippen LogP contribution in [0.5, 0.6) is 0 Å². The van der Waals surface area contributed by atoms with Gasteiger partial charge in [0.2, 0.25) is 0 Å². The normalized spacial score (nSPS) is 12.4. The van der Waals surface area contributed by atoms with Crippen LogP contribution in [0.15, 0.2) is 66.9 Å². The van der Waals surface area contributed by atoms with Crippen molar-refractivity contribution >= 4 is 22.8 Å². The first kappa shape index (κ1) is 20.5. The lowest BCUT2D eigenvalue weighted by Gasteiger charge is -2.37. The van der Waals surface area contributed by atoms with Crippen molar-refractivity contribution in [1.29, 1.82) is 0 Å². The van der Waals surface area contributed by atoms with Crippen LogP contribution < -0.4 is 0 Å². The maximum atomic E-state index is 13.2. The first-order chi connectivity index (χ1) is 13.8. The SMILES string of the molecule is C[C@@H](OC(=O)c1cccc2cccnc12)C(=O)N(Cc1ccccc1)C(C)(C)C. The highest BCUT2D eigenvalue weighted by molar-refractivity contribution is 6.03. The van der Waals surface area contributed by atoms with Gasteiger partial charge >= 0.3 is 5.97 Å². The number of hydrogen-bond donors (Lipinski definition) is 0. The van der Waals surface area contributed by atoms with Gasteiger partial charge in [-0.1, -0.05) is 48.5 Å². The van der Waals surface area contributed by atoms with E-state index in [1.54, 1.807) is 30.2 Å². The molecule has 0 fully saturated rings. The lowest BCUT2D eigenvalue weighted by atomic mass is 10.0. The molecule has 0 bridgehead atoms. The molecule has 1 atom stereocenters. The van der Waals surface area contributed by atoms with Crippen molar-refractivity contribution in [2.24, 2.45) is 0 Å². The second-order valence-corrected chi connectivity index (χ2v) is 8.01. The number of pyridine rings is 1. The minimum absolute atomic E-state index is 0.233. The van der Waals surface area contributed by atoms with E-state index in [2.05, 4.69) is 4.98 Å². The van der Waals surface area contributed by atoms with Crippen molar-refractivity contribution in [3.05, 3.63) is 78.0 Å².